The molecular weight excluding hydrogens is 596 g/mol. The fourth-order valence-electron chi connectivity index (χ4n) is 7.14. The molecule has 47 heavy (non-hydrogen) atoms. The van der Waals surface area contributed by atoms with Crippen LogP contribution in [0.3, 0.4) is 0 Å². The molecule has 3 rings (SSSR count). The topological polar surface area (TPSA) is 115 Å². The van der Waals surface area contributed by atoms with Crippen LogP contribution < -0.4 is 10.6 Å². The predicted molar refractivity (Wildman–Crippen MR) is 186 cm³/mol. The number of nitrogens with zero attached hydrogens (tertiary/aromatic N) is 4. The van der Waals surface area contributed by atoms with Gasteiger partial charge < -0.3 is 25.2 Å². The Hall–Kier alpha value is -2.50. The lowest BCUT2D eigenvalue weighted by molar-refractivity contribution is -0.142. The first-order chi connectivity index (χ1) is 22.1. The normalized spacial score (nSPS) is 23.1. The van der Waals surface area contributed by atoms with E-state index in [1.165, 1.54) is 0 Å². The SMILES string of the molecule is C/C(=C\C(C(C)C)N(C)C(=O)C(NC(=O)C1CCCCN1C(C)C)C(C)(C)C)C(=O)N1CCCC1C(=O)NCCCN1CCOCC1. The lowest BCUT2D eigenvalue weighted by Gasteiger charge is -2.41. The van der Waals surface area contributed by atoms with Gasteiger partial charge in [-0.25, -0.2) is 0 Å². The Morgan fingerprint density at radius 2 is 1.57 bits per heavy atom. The Morgan fingerprint density at radius 3 is 2.19 bits per heavy atom. The molecule has 3 aliphatic heterocycles. The second kappa shape index (κ2) is 17.8. The molecule has 0 aromatic heterocycles. The fraction of sp³-hybridized carbons (Fsp3) is 0.833. The molecule has 3 fully saturated rings. The van der Waals surface area contributed by atoms with Crippen LogP contribution in [0.15, 0.2) is 11.6 Å². The number of hydrogen-bond donors (Lipinski definition) is 2. The highest BCUT2D eigenvalue weighted by Gasteiger charge is 2.40. The number of likely N-dealkylation sites (N-methyl/N-ethyl adjacent to an activating group) is 1. The van der Waals surface area contributed by atoms with Crippen molar-refractivity contribution in [2.75, 3.05) is 59.5 Å². The third-order valence-corrected chi connectivity index (χ3v) is 10.0. The van der Waals surface area contributed by atoms with E-state index in [9.17, 15) is 19.2 Å². The van der Waals surface area contributed by atoms with Gasteiger partial charge in [-0.1, -0.05) is 47.1 Å². The first-order valence-corrected chi connectivity index (χ1v) is 18.0. The highest BCUT2D eigenvalue weighted by Crippen LogP contribution is 2.27. The van der Waals surface area contributed by atoms with Crippen molar-refractivity contribution in [3.63, 3.8) is 0 Å². The minimum absolute atomic E-state index is 0.0157. The van der Waals surface area contributed by atoms with Crippen LogP contribution in [0.1, 0.15) is 93.9 Å². The van der Waals surface area contributed by atoms with Gasteiger partial charge in [0.2, 0.25) is 23.6 Å². The Morgan fingerprint density at radius 1 is 0.915 bits per heavy atom. The number of rotatable bonds is 13. The molecule has 11 nitrogen and oxygen atoms in total. The molecule has 3 heterocycles. The molecule has 0 spiro atoms. The molecule has 0 aromatic carbocycles. The summed E-state index contributed by atoms with van der Waals surface area (Å²) in [4.78, 5) is 62.6. The van der Waals surface area contributed by atoms with E-state index in [1.54, 1.807) is 23.8 Å². The lowest BCUT2D eigenvalue weighted by atomic mass is 9.84. The molecular formula is C36H64N6O5. The number of carbonyl (C=O) groups is 4. The molecule has 0 radical (unpaired) electrons. The van der Waals surface area contributed by atoms with Gasteiger partial charge in [0.25, 0.3) is 0 Å². The second-order valence-corrected chi connectivity index (χ2v) is 15.4. The van der Waals surface area contributed by atoms with Crippen LogP contribution in [0, 0.1) is 11.3 Å². The zero-order valence-corrected chi connectivity index (χ0v) is 30.8. The molecule has 0 saturated carbocycles. The van der Waals surface area contributed by atoms with Gasteiger partial charge in [-0.15, -0.1) is 0 Å². The molecule has 4 atom stereocenters. The van der Waals surface area contributed by atoms with Gasteiger partial charge >= 0.3 is 0 Å². The van der Waals surface area contributed by atoms with Crippen LogP contribution in [0.25, 0.3) is 0 Å². The molecule has 3 aliphatic rings. The number of hydrogen-bond acceptors (Lipinski definition) is 7. The van der Waals surface area contributed by atoms with E-state index in [4.69, 9.17) is 4.74 Å². The highest BCUT2D eigenvalue weighted by molar-refractivity contribution is 5.97. The van der Waals surface area contributed by atoms with Crippen molar-refractivity contribution in [2.24, 2.45) is 11.3 Å². The van der Waals surface area contributed by atoms with Crippen molar-refractivity contribution in [3.05, 3.63) is 11.6 Å². The van der Waals surface area contributed by atoms with Crippen LogP contribution >= 0.6 is 0 Å². The molecule has 11 heteroatoms. The molecule has 0 aromatic rings. The van der Waals surface area contributed by atoms with E-state index in [0.717, 1.165) is 71.5 Å². The van der Waals surface area contributed by atoms with Crippen molar-refractivity contribution in [1.82, 2.24) is 30.2 Å². The number of carbonyl (C=O) groups excluding carboxylic acids is 4. The van der Waals surface area contributed by atoms with Crippen LogP contribution in [0.4, 0.5) is 0 Å². The summed E-state index contributed by atoms with van der Waals surface area (Å²) < 4.78 is 5.41. The van der Waals surface area contributed by atoms with Gasteiger partial charge in [0, 0.05) is 44.8 Å². The van der Waals surface area contributed by atoms with Gasteiger partial charge in [0.1, 0.15) is 12.1 Å². The summed E-state index contributed by atoms with van der Waals surface area (Å²) in [5.41, 5.74) is -0.00579. The Labute approximate surface area is 284 Å². The number of likely N-dealkylation sites (tertiary alicyclic amines) is 2. The van der Waals surface area contributed by atoms with Crippen molar-refractivity contribution in [1.29, 1.82) is 0 Å². The smallest absolute Gasteiger partial charge is 0.249 e. The maximum Gasteiger partial charge on any atom is 0.249 e. The number of piperidine rings is 1. The Balaban J connectivity index is 1.67. The van der Waals surface area contributed by atoms with E-state index in [0.29, 0.717) is 25.1 Å². The zero-order valence-electron chi connectivity index (χ0n) is 30.8. The third-order valence-electron chi connectivity index (χ3n) is 10.0. The van der Waals surface area contributed by atoms with E-state index in [-0.39, 0.29) is 47.7 Å². The summed E-state index contributed by atoms with van der Waals surface area (Å²) in [7, 11) is 1.76. The first-order valence-electron chi connectivity index (χ1n) is 18.0. The average Bonchev–Trinajstić information content (AvgIpc) is 3.53. The quantitative estimate of drug-likeness (QED) is 0.231. The molecule has 0 bridgehead atoms. The van der Waals surface area contributed by atoms with Crippen molar-refractivity contribution in [3.8, 4) is 0 Å². The van der Waals surface area contributed by atoms with Crippen molar-refractivity contribution in [2.45, 2.75) is 124 Å². The van der Waals surface area contributed by atoms with Crippen LogP contribution in [-0.4, -0.2) is 133 Å². The number of amides is 4. The molecule has 2 N–H and O–H groups in total. The van der Waals surface area contributed by atoms with Gasteiger partial charge in [0.05, 0.1) is 25.3 Å². The van der Waals surface area contributed by atoms with Crippen LogP contribution in [-0.2, 0) is 23.9 Å². The summed E-state index contributed by atoms with van der Waals surface area (Å²) in [5, 5.41) is 6.20. The van der Waals surface area contributed by atoms with Gasteiger partial charge in [-0.05, 0) is 77.3 Å². The largest absolute Gasteiger partial charge is 0.379 e. The maximum atomic E-state index is 14.2. The summed E-state index contributed by atoms with van der Waals surface area (Å²) in [6.45, 7) is 22.2. The second-order valence-electron chi connectivity index (χ2n) is 15.4. The Kier molecular flexibility index (Phi) is 14.7. The van der Waals surface area contributed by atoms with Gasteiger partial charge in [-0.3, -0.25) is 29.0 Å². The Bertz CT molecular complexity index is 1100. The van der Waals surface area contributed by atoms with Crippen molar-refractivity contribution >= 4 is 23.6 Å². The van der Waals surface area contributed by atoms with E-state index in [1.807, 2.05) is 40.7 Å². The summed E-state index contributed by atoms with van der Waals surface area (Å²) in [5.74, 6) is -0.529. The summed E-state index contributed by atoms with van der Waals surface area (Å²) in [6, 6.07) is -1.59. The van der Waals surface area contributed by atoms with Crippen molar-refractivity contribution < 1.29 is 23.9 Å². The standard InChI is InChI=1S/C36H64N6O5/c1-25(2)30(39(9)35(46)31(36(6,7)8)38-33(44)29-14-10-11-18-41(29)26(3)4)24-27(5)34(45)42-19-12-15-28(42)32(43)37-16-13-17-40-20-22-47-23-21-40/h24-26,28-31H,10-23H2,1-9H3,(H,37,43)(H,38,44)/b27-24+. The van der Waals surface area contributed by atoms with E-state index in [2.05, 4.69) is 34.3 Å². The summed E-state index contributed by atoms with van der Waals surface area (Å²) >= 11 is 0. The maximum absolute atomic E-state index is 14.2. The molecule has 3 saturated heterocycles. The first kappa shape index (κ1) is 38.9. The molecule has 0 aliphatic carbocycles. The van der Waals surface area contributed by atoms with Crippen LogP contribution in [0.5, 0.6) is 0 Å². The fourth-order valence-corrected chi connectivity index (χ4v) is 7.14. The molecule has 4 amide bonds. The van der Waals surface area contributed by atoms with Gasteiger partial charge in [-0.2, -0.15) is 0 Å². The highest BCUT2D eigenvalue weighted by atomic mass is 16.5. The summed E-state index contributed by atoms with van der Waals surface area (Å²) in [6.07, 6.45) is 7.00. The van der Waals surface area contributed by atoms with Crippen LogP contribution in [0.2, 0.25) is 0 Å². The number of ether oxygens (including phenoxy) is 1. The average molecular weight is 661 g/mol. The molecule has 268 valence electrons. The minimum atomic E-state index is -0.725. The monoisotopic (exact) mass is 660 g/mol. The predicted octanol–water partition coefficient (Wildman–Crippen LogP) is 3.04. The molecule has 4 unspecified atom stereocenters. The van der Waals surface area contributed by atoms with Gasteiger partial charge in [0.15, 0.2) is 0 Å². The number of morpholine rings is 1. The zero-order chi connectivity index (χ0) is 34.9. The number of nitrogens with one attached hydrogen (secondary N) is 2. The minimum Gasteiger partial charge on any atom is -0.379 e. The lowest BCUT2D eigenvalue weighted by Crippen LogP contribution is -2.60. The van der Waals surface area contributed by atoms with E-state index >= 15 is 0 Å². The third kappa shape index (κ3) is 10.7. The van der Waals surface area contributed by atoms with E-state index < -0.39 is 17.5 Å².